The van der Waals surface area contributed by atoms with Gasteiger partial charge in [-0.1, -0.05) is 6.42 Å². The Hall–Kier alpha value is -1.44. The van der Waals surface area contributed by atoms with Crippen LogP contribution in [0, 0.1) is 0 Å². The highest BCUT2D eigenvalue weighted by Gasteiger charge is 2.34. The molecule has 1 fully saturated rings. The molecule has 1 aromatic rings. The zero-order valence-corrected chi connectivity index (χ0v) is 10.0. The number of carbonyl (C=O) groups is 1. The molecule has 0 saturated carbocycles. The predicted molar refractivity (Wildman–Crippen MR) is 59.7 cm³/mol. The van der Waals surface area contributed by atoms with Crippen LogP contribution in [0.25, 0.3) is 0 Å². The second-order valence-electron chi connectivity index (χ2n) is 4.00. The van der Waals surface area contributed by atoms with Gasteiger partial charge in [0.15, 0.2) is 9.84 Å². The minimum absolute atomic E-state index is 0.105. The summed E-state index contributed by atoms with van der Waals surface area (Å²) in [6, 6.07) is 0. The molecular formula is C9H14N4O3S. The largest absolute Gasteiger partial charge is 0.348 e. The number of rotatable bonds is 3. The zero-order chi connectivity index (χ0) is 12.3. The Morgan fingerprint density at radius 2 is 2.35 bits per heavy atom. The van der Waals surface area contributed by atoms with Crippen molar-refractivity contribution in [1.29, 1.82) is 0 Å². The summed E-state index contributed by atoms with van der Waals surface area (Å²) in [5.41, 5.74) is 0. The second kappa shape index (κ2) is 4.82. The van der Waals surface area contributed by atoms with Crippen LogP contribution in [0.3, 0.4) is 0 Å². The molecule has 1 saturated heterocycles. The lowest BCUT2D eigenvalue weighted by Crippen LogP contribution is -2.42. The van der Waals surface area contributed by atoms with Gasteiger partial charge >= 0.3 is 0 Å². The van der Waals surface area contributed by atoms with Crippen molar-refractivity contribution in [2.75, 3.05) is 5.75 Å². The van der Waals surface area contributed by atoms with E-state index in [4.69, 9.17) is 0 Å². The number of nitrogens with zero attached hydrogens (tertiary/aromatic N) is 2. The van der Waals surface area contributed by atoms with E-state index in [1.807, 2.05) is 0 Å². The number of carbonyl (C=O) groups excluding carboxylic acids is 1. The molecule has 17 heavy (non-hydrogen) atoms. The van der Waals surface area contributed by atoms with E-state index < -0.39 is 21.0 Å². The molecule has 8 heteroatoms. The topological polar surface area (TPSA) is 105 Å². The lowest BCUT2D eigenvalue weighted by molar-refractivity contribution is -0.121. The monoisotopic (exact) mass is 258 g/mol. The van der Waals surface area contributed by atoms with Crippen molar-refractivity contribution in [3.8, 4) is 0 Å². The van der Waals surface area contributed by atoms with Gasteiger partial charge in [0.2, 0.25) is 5.91 Å². The fourth-order valence-electron chi connectivity index (χ4n) is 1.85. The number of aromatic nitrogens is 3. The minimum atomic E-state index is -3.27. The summed E-state index contributed by atoms with van der Waals surface area (Å²) in [7, 11) is -3.27. The normalized spacial score (nSPS) is 23.2. The fraction of sp³-hybridized carbons (Fsp3) is 0.667. The Kier molecular flexibility index (Phi) is 3.41. The van der Waals surface area contributed by atoms with Crippen LogP contribution in [0.5, 0.6) is 0 Å². The van der Waals surface area contributed by atoms with Crippen LogP contribution < -0.4 is 5.32 Å². The molecule has 2 rings (SSSR count). The van der Waals surface area contributed by atoms with E-state index in [1.54, 1.807) is 0 Å². The van der Waals surface area contributed by atoms with Gasteiger partial charge in [-0.05, 0) is 12.8 Å². The third-order valence-electron chi connectivity index (χ3n) is 2.77. The molecule has 0 bridgehead atoms. The molecule has 0 aliphatic carbocycles. The van der Waals surface area contributed by atoms with Gasteiger partial charge in [-0.25, -0.2) is 13.4 Å². The van der Waals surface area contributed by atoms with Gasteiger partial charge in [-0.15, -0.1) is 0 Å². The minimum Gasteiger partial charge on any atom is -0.348 e. The van der Waals surface area contributed by atoms with Crippen LogP contribution in [-0.4, -0.2) is 40.5 Å². The first-order valence-corrected chi connectivity index (χ1v) is 7.14. The van der Waals surface area contributed by atoms with Gasteiger partial charge in [0.05, 0.1) is 12.3 Å². The Labute approximate surface area is 98.9 Å². The standard InChI is InChI=1S/C9H14N4O3S/c14-9(10-5-8-11-6-12-13-8)7-3-1-2-4-17(7,15)16/h6-7H,1-5H2,(H,10,14)(H,11,12,13). The summed E-state index contributed by atoms with van der Waals surface area (Å²) in [5, 5.41) is 7.88. The quantitative estimate of drug-likeness (QED) is 0.752. The average molecular weight is 258 g/mol. The van der Waals surface area contributed by atoms with E-state index in [0.717, 1.165) is 6.42 Å². The number of hydrogen-bond acceptors (Lipinski definition) is 5. The molecule has 2 N–H and O–H groups in total. The maximum atomic E-state index is 11.8. The molecule has 1 unspecified atom stereocenters. The van der Waals surface area contributed by atoms with Crippen molar-refractivity contribution in [3.63, 3.8) is 0 Å². The van der Waals surface area contributed by atoms with E-state index in [9.17, 15) is 13.2 Å². The maximum Gasteiger partial charge on any atom is 0.238 e. The summed E-state index contributed by atoms with van der Waals surface area (Å²) >= 11 is 0. The highest BCUT2D eigenvalue weighted by molar-refractivity contribution is 7.92. The number of sulfone groups is 1. The lowest BCUT2D eigenvalue weighted by atomic mass is 10.2. The first-order chi connectivity index (χ1) is 8.09. The average Bonchev–Trinajstić information content (AvgIpc) is 2.78. The summed E-state index contributed by atoms with van der Waals surface area (Å²) in [6.07, 6.45) is 3.16. The summed E-state index contributed by atoms with van der Waals surface area (Å²) < 4.78 is 23.4. The Balaban J connectivity index is 1.95. The Morgan fingerprint density at radius 1 is 1.53 bits per heavy atom. The summed E-state index contributed by atoms with van der Waals surface area (Å²) in [4.78, 5) is 15.6. The van der Waals surface area contributed by atoms with Crippen LogP contribution in [0.15, 0.2) is 6.33 Å². The maximum absolute atomic E-state index is 11.8. The number of aromatic amines is 1. The Morgan fingerprint density at radius 3 is 3.00 bits per heavy atom. The number of amides is 1. The van der Waals surface area contributed by atoms with E-state index in [-0.39, 0.29) is 12.3 Å². The first kappa shape index (κ1) is 12.0. The SMILES string of the molecule is O=C(NCc1ncn[nH]1)C1CCCCS1(=O)=O. The van der Waals surface area contributed by atoms with E-state index in [2.05, 4.69) is 20.5 Å². The molecule has 94 valence electrons. The molecule has 2 heterocycles. The van der Waals surface area contributed by atoms with Crippen molar-refractivity contribution in [2.45, 2.75) is 31.1 Å². The molecule has 0 radical (unpaired) electrons. The van der Waals surface area contributed by atoms with Gasteiger partial charge in [0.25, 0.3) is 0 Å². The number of hydrogen-bond donors (Lipinski definition) is 2. The van der Waals surface area contributed by atoms with Crippen molar-refractivity contribution >= 4 is 15.7 Å². The van der Waals surface area contributed by atoms with Gasteiger partial charge in [0, 0.05) is 0 Å². The van der Waals surface area contributed by atoms with Crippen LogP contribution in [0.4, 0.5) is 0 Å². The molecule has 0 aromatic carbocycles. The lowest BCUT2D eigenvalue weighted by Gasteiger charge is -2.21. The van der Waals surface area contributed by atoms with Crippen molar-refractivity contribution in [3.05, 3.63) is 12.2 Å². The van der Waals surface area contributed by atoms with Crippen molar-refractivity contribution in [1.82, 2.24) is 20.5 Å². The molecule has 0 spiro atoms. The molecular weight excluding hydrogens is 244 g/mol. The van der Waals surface area contributed by atoms with Crippen molar-refractivity contribution < 1.29 is 13.2 Å². The van der Waals surface area contributed by atoms with Gasteiger partial charge < -0.3 is 5.32 Å². The summed E-state index contributed by atoms with van der Waals surface area (Å²) in [5.74, 6) is 0.167. The van der Waals surface area contributed by atoms with E-state index >= 15 is 0 Å². The van der Waals surface area contributed by atoms with Gasteiger partial charge in [-0.3, -0.25) is 9.89 Å². The molecule has 1 atom stereocenters. The third-order valence-corrected chi connectivity index (χ3v) is 4.94. The van der Waals surface area contributed by atoms with Crippen LogP contribution in [-0.2, 0) is 21.2 Å². The molecule has 1 aliphatic rings. The third kappa shape index (κ3) is 2.82. The number of H-pyrrole nitrogens is 1. The van der Waals surface area contributed by atoms with E-state index in [0.29, 0.717) is 18.7 Å². The van der Waals surface area contributed by atoms with Crippen LogP contribution in [0.1, 0.15) is 25.1 Å². The molecule has 1 amide bonds. The van der Waals surface area contributed by atoms with Crippen molar-refractivity contribution in [2.24, 2.45) is 0 Å². The molecule has 7 nitrogen and oxygen atoms in total. The first-order valence-electron chi connectivity index (χ1n) is 5.43. The predicted octanol–water partition coefficient (Wildman–Crippen LogP) is -0.612. The fourth-order valence-corrected chi connectivity index (χ4v) is 3.68. The number of nitrogens with one attached hydrogen (secondary N) is 2. The molecule has 1 aromatic heterocycles. The van der Waals surface area contributed by atoms with Gasteiger partial charge in [0.1, 0.15) is 17.4 Å². The van der Waals surface area contributed by atoms with Crippen LogP contribution in [0.2, 0.25) is 0 Å². The highest BCUT2D eigenvalue weighted by Crippen LogP contribution is 2.19. The van der Waals surface area contributed by atoms with Gasteiger partial charge in [-0.2, -0.15) is 5.10 Å². The highest BCUT2D eigenvalue weighted by atomic mass is 32.2. The second-order valence-corrected chi connectivity index (χ2v) is 6.30. The zero-order valence-electron chi connectivity index (χ0n) is 9.22. The smallest absolute Gasteiger partial charge is 0.238 e. The van der Waals surface area contributed by atoms with E-state index in [1.165, 1.54) is 6.33 Å². The van der Waals surface area contributed by atoms with Crippen LogP contribution >= 0.6 is 0 Å². The molecule has 1 aliphatic heterocycles. The summed E-state index contributed by atoms with van der Waals surface area (Å²) in [6.45, 7) is 0.171. The Bertz CT molecular complexity index is 482.